The Kier molecular flexibility index (Phi) is 8.10. The maximum absolute atomic E-state index is 12.8. The molecular formula is C21H31N3O2. The number of allylic oxidation sites excluding steroid dienone is 2. The lowest BCUT2D eigenvalue weighted by Crippen LogP contribution is -2.47. The molecule has 1 atom stereocenters. The lowest BCUT2D eigenvalue weighted by atomic mass is 9.98. The Labute approximate surface area is 157 Å². The van der Waals surface area contributed by atoms with Gasteiger partial charge in [0.2, 0.25) is 5.91 Å². The van der Waals surface area contributed by atoms with Crippen molar-refractivity contribution in [2.75, 3.05) is 18.5 Å². The van der Waals surface area contributed by atoms with Crippen LogP contribution in [0.5, 0.6) is 0 Å². The first-order chi connectivity index (χ1) is 12.4. The Morgan fingerprint density at radius 3 is 2.50 bits per heavy atom. The maximum Gasteiger partial charge on any atom is 0.325 e. The van der Waals surface area contributed by atoms with Gasteiger partial charge in [0.15, 0.2) is 0 Å². The summed E-state index contributed by atoms with van der Waals surface area (Å²) in [5.41, 5.74) is 8.65. The highest BCUT2D eigenvalue weighted by Crippen LogP contribution is 2.36. The van der Waals surface area contributed by atoms with E-state index in [1.807, 2.05) is 45.9 Å². The van der Waals surface area contributed by atoms with E-state index in [9.17, 15) is 9.59 Å². The molecule has 0 spiro atoms. The number of carbonyl (C=O) groups is 2. The van der Waals surface area contributed by atoms with Gasteiger partial charge in [-0.2, -0.15) is 0 Å². The average molecular weight is 357 g/mol. The van der Waals surface area contributed by atoms with Gasteiger partial charge >= 0.3 is 6.03 Å². The fourth-order valence-corrected chi connectivity index (χ4v) is 2.95. The van der Waals surface area contributed by atoms with Gasteiger partial charge in [-0.05, 0) is 43.5 Å². The zero-order valence-corrected chi connectivity index (χ0v) is 16.7. The van der Waals surface area contributed by atoms with E-state index in [1.165, 1.54) is 0 Å². The van der Waals surface area contributed by atoms with Gasteiger partial charge in [-0.3, -0.25) is 9.69 Å². The van der Waals surface area contributed by atoms with E-state index < -0.39 is 5.91 Å². The van der Waals surface area contributed by atoms with Crippen LogP contribution in [0.4, 0.5) is 10.5 Å². The van der Waals surface area contributed by atoms with E-state index in [-0.39, 0.29) is 12.1 Å². The monoisotopic (exact) mass is 357 g/mol. The molecule has 3 amide bonds. The van der Waals surface area contributed by atoms with Crippen LogP contribution in [-0.2, 0) is 0 Å². The van der Waals surface area contributed by atoms with Gasteiger partial charge in [-0.15, -0.1) is 0 Å². The number of hydrogen-bond donors (Lipinski definition) is 1. The highest BCUT2D eigenvalue weighted by atomic mass is 16.2. The summed E-state index contributed by atoms with van der Waals surface area (Å²) in [5, 5.41) is 0. The van der Waals surface area contributed by atoms with E-state index >= 15 is 0 Å². The van der Waals surface area contributed by atoms with E-state index in [0.717, 1.165) is 23.2 Å². The van der Waals surface area contributed by atoms with Crippen LogP contribution >= 0.6 is 0 Å². The number of anilines is 1. The van der Waals surface area contributed by atoms with E-state index in [2.05, 4.69) is 13.0 Å². The third-order valence-corrected chi connectivity index (χ3v) is 4.36. The molecule has 1 aromatic rings. The van der Waals surface area contributed by atoms with Crippen LogP contribution < -0.4 is 10.6 Å². The molecular weight excluding hydrogens is 326 g/mol. The summed E-state index contributed by atoms with van der Waals surface area (Å²) in [6.07, 6.45) is 6.96. The molecule has 0 radical (unpaired) electrons. The lowest BCUT2D eigenvalue weighted by Gasteiger charge is -2.40. The Morgan fingerprint density at radius 1 is 1.31 bits per heavy atom. The van der Waals surface area contributed by atoms with Crippen molar-refractivity contribution in [2.45, 2.75) is 47.1 Å². The summed E-state index contributed by atoms with van der Waals surface area (Å²) in [6, 6.07) is 5.19. The molecule has 0 saturated carbocycles. The number of benzene rings is 1. The Balaban J connectivity index is 0.00000163. The van der Waals surface area contributed by atoms with Gasteiger partial charge in [0.1, 0.15) is 0 Å². The summed E-state index contributed by atoms with van der Waals surface area (Å²) >= 11 is 0. The fourth-order valence-electron chi connectivity index (χ4n) is 2.95. The van der Waals surface area contributed by atoms with E-state index in [1.54, 1.807) is 29.0 Å². The largest absolute Gasteiger partial charge is 0.366 e. The number of carbonyl (C=O) groups excluding carboxylic acids is 2. The molecule has 1 aliphatic rings. The highest BCUT2D eigenvalue weighted by Gasteiger charge is 2.33. The first-order valence-electron chi connectivity index (χ1n) is 9.20. The first kappa shape index (κ1) is 21.5. The fraction of sp³-hybridized carbons (Fsp3) is 0.429. The number of hydrogen-bond acceptors (Lipinski definition) is 2. The van der Waals surface area contributed by atoms with Gasteiger partial charge < -0.3 is 10.6 Å². The van der Waals surface area contributed by atoms with Crippen LogP contribution in [-0.4, -0.2) is 30.4 Å². The molecule has 0 bridgehead atoms. The molecule has 2 rings (SSSR count). The SMILES string of the molecule is C/C=C\C(=C/CC)CN1C(=O)N(C)C(C)c2ccc(C(N)=O)cc21.CC. The normalized spacial score (nSPS) is 17.1. The van der Waals surface area contributed by atoms with Crippen molar-refractivity contribution in [2.24, 2.45) is 5.73 Å². The third-order valence-electron chi connectivity index (χ3n) is 4.36. The number of fused-ring (bicyclic) bond motifs is 1. The van der Waals surface area contributed by atoms with E-state index in [4.69, 9.17) is 5.73 Å². The van der Waals surface area contributed by atoms with Crippen LogP contribution in [0.25, 0.3) is 0 Å². The summed E-state index contributed by atoms with van der Waals surface area (Å²) in [6.45, 7) is 10.5. The van der Waals surface area contributed by atoms with Crippen LogP contribution in [0.1, 0.15) is 63.0 Å². The highest BCUT2D eigenvalue weighted by molar-refractivity contribution is 5.99. The van der Waals surface area contributed by atoms with Crippen molar-refractivity contribution in [3.05, 3.63) is 53.1 Å². The van der Waals surface area contributed by atoms with Crippen LogP contribution in [0.15, 0.2) is 42.0 Å². The lowest BCUT2D eigenvalue weighted by molar-refractivity contribution is 0.1000. The minimum absolute atomic E-state index is 0.0500. The minimum Gasteiger partial charge on any atom is -0.366 e. The first-order valence-corrected chi connectivity index (χ1v) is 9.20. The second-order valence-electron chi connectivity index (χ2n) is 5.98. The molecule has 0 fully saturated rings. The number of urea groups is 1. The molecule has 0 aromatic heterocycles. The van der Waals surface area contributed by atoms with Crippen molar-refractivity contribution < 1.29 is 9.59 Å². The minimum atomic E-state index is -0.491. The number of rotatable bonds is 5. The van der Waals surface area contributed by atoms with Crippen LogP contribution in [0.3, 0.4) is 0 Å². The smallest absolute Gasteiger partial charge is 0.325 e. The standard InChI is InChI=1S/C19H25N3O2.C2H6/c1-5-7-14(8-6-2)12-22-17-11-15(18(20)23)9-10-16(17)13(3)21(4)19(22)24;1-2/h5,7-11,13H,6,12H2,1-4H3,(H2,20,23);1-2H3/b7-5-,14-8+;. The predicted molar refractivity (Wildman–Crippen MR) is 108 cm³/mol. The molecule has 142 valence electrons. The summed E-state index contributed by atoms with van der Waals surface area (Å²) < 4.78 is 0. The summed E-state index contributed by atoms with van der Waals surface area (Å²) in [7, 11) is 1.80. The second kappa shape index (κ2) is 9.80. The van der Waals surface area contributed by atoms with Crippen LogP contribution in [0.2, 0.25) is 0 Å². The third kappa shape index (κ3) is 4.54. The molecule has 5 heteroatoms. The van der Waals surface area contributed by atoms with Crippen molar-refractivity contribution in [1.82, 2.24) is 4.90 Å². The molecule has 0 saturated heterocycles. The Bertz CT molecular complexity index is 707. The molecule has 1 aliphatic heterocycles. The molecule has 1 unspecified atom stereocenters. The summed E-state index contributed by atoms with van der Waals surface area (Å²) in [5.74, 6) is -0.491. The molecule has 5 nitrogen and oxygen atoms in total. The quantitative estimate of drug-likeness (QED) is 0.779. The van der Waals surface area contributed by atoms with Crippen molar-refractivity contribution in [3.63, 3.8) is 0 Å². The summed E-state index contributed by atoms with van der Waals surface area (Å²) in [4.78, 5) is 27.8. The van der Waals surface area contributed by atoms with Crippen molar-refractivity contribution >= 4 is 17.6 Å². The molecule has 26 heavy (non-hydrogen) atoms. The zero-order valence-electron chi connectivity index (χ0n) is 16.7. The van der Waals surface area contributed by atoms with Gasteiger partial charge in [0.05, 0.1) is 18.3 Å². The van der Waals surface area contributed by atoms with Crippen molar-refractivity contribution in [1.29, 1.82) is 0 Å². The topological polar surface area (TPSA) is 66.6 Å². The van der Waals surface area contributed by atoms with Gasteiger partial charge in [-0.25, -0.2) is 4.79 Å². The maximum atomic E-state index is 12.8. The van der Waals surface area contributed by atoms with Gasteiger partial charge in [-0.1, -0.05) is 45.1 Å². The molecule has 2 N–H and O–H groups in total. The zero-order chi connectivity index (χ0) is 19.9. The predicted octanol–water partition coefficient (Wildman–Crippen LogP) is 4.66. The van der Waals surface area contributed by atoms with E-state index in [0.29, 0.717) is 12.1 Å². The second-order valence-corrected chi connectivity index (χ2v) is 5.98. The van der Waals surface area contributed by atoms with Crippen LogP contribution in [0, 0.1) is 0 Å². The van der Waals surface area contributed by atoms with Gasteiger partial charge in [0, 0.05) is 12.6 Å². The Morgan fingerprint density at radius 2 is 1.96 bits per heavy atom. The molecule has 0 aliphatic carbocycles. The molecule has 1 aromatic carbocycles. The number of nitrogens with two attached hydrogens (primary N) is 1. The molecule has 1 heterocycles. The number of nitrogens with zero attached hydrogens (tertiary/aromatic N) is 2. The number of primary amides is 1. The number of amides is 3. The average Bonchev–Trinajstić information content (AvgIpc) is 2.64. The van der Waals surface area contributed by atoms with Crippen molar-refractivity contribution in [3.8, 4) is 0 Å². The van der Waals surface area contributed by atoms with Gasteiger partial charge in [0.25, 0.3) is 0 Å². The Hall–Kier alpha value is -2.56.